The molecule has 0 aromatic heterocycles. The van der Waals surface area contributed by atoms with Gasteiger partial charge in [-0.2, -0.15) is 0 Å². The summed E-state index contributed by atoms with van der Waals surface area (Å²) < 4.78 is 10.3. The number of methoxy groups -OCH3 is 1. The van der Waals surface area contributed by atoms with E-state index in [0.29, 0.717) is 26.8 Å². The number of nitrogens with zero attached hydrogens (tertiary/aromatic N) is 1. The summed E-state index contributed by atoms with van der Waals surface area (Å²) in [5, 5.41) is 0.135. The van der Waals surface area contributed by atoms with Crippen LogP contribution in [0.1, 0.15) is 18.1 Å². The average Bonchev–Trinajstić information content (AvgIpc) is 2.91. The number of benzene rings is 2. The monoisotopic (exact) mass is 417 g/mol. The summed E-state index contributed by atoms with van der Waals surface area (Å²) in [5.74, 6) is -0.233. The normalized spacial score (nSPS) is 15.2. The molecule has 2 aromatic carbocycles. The van der Waals surface area contributed by atoms with Gasteiger partial charge in [0.05, 0.1) is 18.6 Å². The molecule has 28 heavy (non-hydrogen) atoms. The van der Waals surface area contributed by atoms with Gasteiger partial charge >= 0.3 is 5.97 Å². The van der Waals surface area contributed by atoms with Gasteiger partial charge in [0.25, 0.3) is 11.1 Å². The Hall–Kier alpha value is -2.77. The van der Waals surface area contributed by atoms with Crippen LogP contribution in [-0.4, -0.2) is 29.1 Å². The first-order chi connectivity index (χ1) is 13.4. The molecule has 1 fully saturated rings. The maximum Gasteiger partial charge on any atom is 0.308 e. The third-order valence-corrected chi connectivity index (χ3v) is 5.18. The summed E-state index contributed by atoms with van der Waals surface area (Å²) in [5.41, 5.74) is 1.33. The number of hydrogen-bond acceptors (Lipinski definition) is 6. The van der Waals surface area contributed by atoms with Gasteiger partial charge in [0, 0.05) is 11.9 Å². The molecule has 8 heteroatoms. The van der Waals surface area contributed by atoms with Crippen molar-refractivity contribution in [2.24, 2.45) is 0 Å². The zero-order valence-electron chi connectivity index (χ0n) is 15.1. The molecule has 0 unspecified atom stereocenters. The summed E-state index contributed by atoms with van der Waals surface area (Å²) >= 11 is 6.99. The fourth-order valence-corrected chi connectivity index (χ4v) is 3.63. The summed E-state index contributed by atoms with van der Waals surface area (Å²) in [6, 6.07) is 11.9. The molecule has 144 valence electrons. The van der Waals surface area contributed by atoms with Gasteiger partial charge in [0.2, 0.25) is 0 Å². The second kappa shape index (κ2) is 8.50. The van der Waals surface area contributed by atoms with Gasteiger partial charge in [-0.25, -0.2) is 0 Å². The smallest absolute Gasteiger partial charge is 0.308 e. The fourth-order valence-electron chi connectivity index (χ4n) is 2.60. The number of rotatable bonds is 5. The third kappa shape index (κ3) is 4.37. The Kier molecular flexibility index (Phi) is 6.06. The molecular weight excluding hydrogens is 402 g/mol. The SMILES string of the molecule is COc1cc(/C=C2\SC(=O)N(Cc3ccccc3Cl)C2=O)ccc1OC(C)=O. The quantitative estimate of drug-likeness (QED) is 0.405. The molecule has 1 saturated heterocycles. The fraction of sp³-hybridized carbons (Fsp3) is 0.150. The summed E-state index contributed by atoms with van der Waals surface area (Å²) in [4.78, 5) is 37.6. The number of imide groups is 1. The molecule has 1 aliphatic heterocycles. The van der Waals surface area contributed by atoms with E-state index in [2.05, 4.69) is 0 Å². The lowest BCUT2D eigenvalue weighted by Gasteiger charge is -2.13. The molecule has 0 bridgehead atoms. The first-order valence-electron chi connectivity index (χ1n) is 8.24. The molecule has 1 aliphatic rings. The van der Waals surface area contributed by atoms with Crippen molar-refractivity contribution in [3.05, 3.63) is 63.5 Å². The van der Waals surface area contributed by atoms with Gasteiger partial charge in [0.1, 0.15) is 0 Å². The molecule has 3 rings (SSSR count). The van der Waals surface area contributed by atoms with Crippen molar-refractivity contribution in [2.75, 3.05) is 7.11 Å². The van der Waals surface area contributed by atoms with E-state index in [4.69, 9.17) is 21.1 Å². The number of carbonyl (C=O) groups is 3. The molecule has 6 nitrogen and oxygen atoms in total. The lowest BCUT2D eigenvalue weighted by Crippen LogP contribution is -2.27. The Balaban J connectivity index is 1.83. The lowest BCUT2D eigenvalue weighted by atomic mass is 10.1. The van der Waals surface area contributed by atoms with Gasteiger partial charge in [-0.15, -0.1) is 0 Å². The van der Waals surface area contributed by atoms with E-state index in [1.807, 2.05) is 0 Å². The van der Waals surface area contributed by atoms with Crippen molar-refractivity contribution in [2.45, 2.75) is 13.5 Å². The minimum atomic E-state index is -0.466. The van der Waals surface area contributed by atoms with Crippen molar-refractivity contribution in [1.82, 2.24) is 4.90 Å². The second-order valence-corrected chi connectivity index (χ2v) is 7.26. The number of esters is 1. The molecular formula is C20H16ClNO5S. The zero-order valence-corrected chi connectivity index (χ0v) is 16.7. The largest absolute Gasteiger partial charge is 0.493 e. The van der Waals surface area contributed by atoms with Crippen LogP contribution in [0.5, 0.6) is 11.5 Å². The van der Waals surface area contributed by atoms with Crippen LogP contribution >= 0.6 is 23.4 Å². The van der Waals surface area contributed by atoms with Crippen LogP contribution in [0.4, 0.5) is 4.79 Å². The van der Waals surface area contributed by atoms with Crippen LogP contribution in [0.25, 0.3) is 6.08 Å². The number of amides is 2. The summed E-state index contributed by atoms with van der Waals surface area (Å²) in [6.45, 7) is 1.40. The lowest BCUT2D eigenvalue weighted by molar-refractivity contribution is -0.132. The van der Waals surface area contributed by atoms with E-state index >= 15 is 0 Å². The Morgan fingerprint density at radius 3 is 2.61 bits per heavy atom. The minimum Gasteiger partial charge on any atom is -0.493 e. The molecule has 0 spiro atoms. The van der Waals surface area contributed by atoms with E-state index in [-0.39, 0.29) is 17.5 Å². The summed E-state index contributed by atoms with van der Waals surface area (Å²) in [7, 11) is 1.45. The highest BCUT2D eigenvalue weighted by Gasteiger charge is 2.35. The second-order valence-electron chi connectivity index (χ2n) is 5.86. The highest BCUT2D eigenvalue weighted by molar-refractivity contribution is 8.18. The molecule has 0 aliphatic carbocycles. The van der Waals surface area contributed by atoms with E-state index < -0.39 is 11.9 Å². The van der Waals surface area contributed by atoms with Gasteiger partial charge in [-0.1, -0.05) is 35.9 Å². The highest BCUT2D eigenvalue weighted by Crippen LogP contribution is 2.35. The van der Waals surface area contributed by atoms with E-state index in [0.717, 1.165) is 16.7 Å². The van der Waals surface area contributed by atoms with Crippen LogP contribution in [-0.2, 0) is 16.1 Å². The Labute approximate surface area is 171 Å². The Bertz CT molecular complexity index is 988. The van der Waals surface area contributed by atoms with E-state index in [1.54, 1.807) is 48.5 Å². The van der Waals surface area contributed by atoms with E-state index in [9.17, 15) is 14.4 Å². The number of halogens is 1. The van der Waals surface area contributed by atoms with Gasteiger partial charge in [-0.05, 0) is 47.2 Å². The standard InChI is InChI=1S/C20H16ClNO5S/c1-12(23)27-16-8-7-13(9-17(16)26-2)10-18-19(24)22(20(25)28-18)11-14-5-3-4-6-15(14)21/h3-10H,11H2,1-2H3/b18-10-. The third-order valence-electron chi connectivity index (χ3n) is 3.90. The van der Waals surface area contributed by atoms with Crippen molar-refractivity contribution < 1.29 is 23.9 Å². The number of carbonyl (C=O) groups excluding carboxylic acids is 3. The number of hydrogen-bond donors (Lipinski definition) is 0. The van der Waals surface area contributed by atoms with Crippen molar-refractivity contribution in [3.8, 4) is 11.5 Å². The predicted molar refractivity (Wildman–Crippen MR) is 107 cm³/mol. The van der Waals surface area contributed by atoms with Gasteiger partial charge in [-0.3, -0.25) is 19.3 Å². The first-order valence-corrected chi connectivity index (χ1v) is 9.43. The van der Waals surface area contributed by atoms with Crippen LogP contribution in [0.2, 0.25) is 5.02 Å². The van der Waals surface area contributed by atoms with Crippen molar-refractivity contribution >= 4 is 46.6 Å². The maximum atomic E-state index is 12.7. The van der Waals surface area contributed by atoms with E-state index in [1.165, 1.54) is 14.0 Å². The number of ether oxygens (including phenoxy) is 2. The van der Waals surface area contributed by atoms with Gasteiger partial charge in [0.15, 0.2) is 11.5 Å². The molecule has 1 heterocycles. The zero-order chi connectivity index (χ0) is 20.3. The predicted octanol–water partition coefficient (Wildman–Crippen LogP) is 4.51. The highest BCUT2D eigenvalue weighted by atomic mass is 35.5. The van der Waals surface area contributed by atoms with Crippen LogP contribution < -0.4 is 9.47 Å². The van der Waals surface area contributed by atoms with Crippen LogP contribution in [0.3, 0.4) is 0 Å². The van der Waals surface area contributed by atoms with Gasteiger partial charge < -0.3 is 9.47 Å². The molecule has 0 atom stereocenters. The topological polar surface area (TPSA) is 72.9 Å². The molecule has 2 aromatic rings. The maximum absolute atomic E-state index is 12.7. The number of thioether (sulfide) groups is 1. The van der Waals surface area contributed by atoms with Crippen molar-refractivity contribution in [1.29, 1.82) is 0 Å². The summed E-state index contributed by atoms with van der Waals surface area (Å²) in [6.07, 6.45) is 1.59. The molecule has 0 N–H and O–H groups in total. The minimum absolute atomic E-state index is 0.108. The van der Waals surface area contributed by atoms with Crippen LogP contribution in [0, 0.1) is 0 Å². The molecule has 0 radical (unpaired) electrons. The van der Waals surface area contributed by atoms with Crippen molar-refractivity contribution in [3.63, 3.8) is 0 Å². The molecule has 2 amide bonds. The molecule has 0 saturated carbocycles. The first kappa shape index (κ1) is 20.0. The Morgan fingerprint density at radius 2 is 1.93 bits per heavy atom. The average molecular weight is 418 g/mol. The van der Waals surface area contributed by atoms with Crippen LogP contribution in [0.15, 0.2) is 47.4 Å². The Morgan fingerprint density at radius 1 is 1.18 bits per heavy atom.